The molecule has 0 spiro atoms. The molecule has 7 heteroatoms. The van der Waals surface area contributed by atoms with Gasteiger partial charge < -0.3 is 19.3 Å². The molecule has 4 rings (SSSR count). The molecule has 0 bridgehead atoms. The van der Waals surface area contributed by atoms with Gasteiger partial charge in [0.05, 0.1) is 18.7 Å². The summed E-state index contributed by atoms with van der Waals surface area (Å²) in [7, 11) is 0. The van der Waals surface area contributed by atoms with Gasteiger partial charge in [-0.2, -0.15) is 0 Å². The first-order valence-corrected chi connectivity index (χ1v) is 13.3. The summed E-state index contributed by atoms with van der Waals surface area (Å²) in [5.74, 6) is 1.24. The average Bonchev–Trinajstić information content (AvgIpc) is 3.53. The molecule has 0 N–H and O–H groups in total. The maximum Gasteiger partial charge on any atom is 0.242 e. The number of ether oxygens (including phenoxy) is 2. The van der Waals surface area contributed by atoms with Crippen LogP contribution in [0.1, 0.15) is 68.0 Å². The van der Waals surface area contributed by atoms with Crippen molar-refractivity contribution in [1.29, 1.82) is 0 Å². The minimum atomic E-state index is -0.159. The van der Waals surface area contributed by atoms with Crippen LogP contribution in [0.3, 0.4) is 0 Å². The van der Waals surface area contributed by atoms with Crippen molar-refractivity contribution in [3.05, 3.63) is 51.7 Å². The third-order valence-corrected chi connectivity index (χ3v) is 7.80. The summed E-state index contributed by atoms with van der Waals surface area (Å²) in [5, 5.41) is 2.09. The van der Waals surface area contributed by atoms with E-state index in [1.165, 1.54) is 10.4 Å². The molecule has 0 radical (unpaired) electrons. The second-order valence-electron chi connectivity index (χ2n) is 9.45. The highest BCUT2D eigenvalue weighted by atomic mass is 32.1. The average molecular weight is 485 g/mol. The molecule has 2 unspecified atom stereocenters. The zero-order valence-electron chi connectivity index (χ0n) is 20.5. The Bertz CT molecular complexity index is 965. The highest BCUT2D eigenvalue weighted by molar-refractivity contribution is 7.10. The fourth-order valence-corrected chi connectivity index (χ4v) is 5.69. The molecular weight excluding hydrogens is 448 g/mol. The molecule has 2 aliphatic heterocycles. The normalized spacial score (nSPS) is 19.8. The standard InChI is InChI=1S/C27H36N2O4S/c1-4-26(30)28(16-22-6-5-14-32-22)17-27(31)29-13-11-25-23(12-15-34-25)24(29)18-33-21-9-7-20(8-10-21)19(2)3/h7-10,12,15,19,22,24H,4-6,11,13-14,16-18H2,1-3H3. The van der Waals surface area contributed by atoms with E-state index in [9.17, 15) is 9.59 Å². The number of carbonyl (C=O) groups is 2. The van der Waals surface area contributed by atoms with Crippen molar-refractivity contribution in [3.8, 4) is 5.75 Å². The smallest absolute Gasteiger partial charge is 0.242 e. The highest BCUT2D eigenvalue weighted by Crippen LogP contribution is 2.34. The van der Waals surface area contributed by atoms with Crippen molar-refractivity contribution in [2.75, 3.05) is 32.8 Å². The first kappa shape index (κ1) is 24.7. The van der Waals surface area contributed by atoms with Crippen LogP contribution >= 0.6 is 11.3 Å². The second-order valence-corrected chi connectivity index (χ2v) is 10.5. The van der Waals surface area contributed by atoms with Gasteiger partial charge >= 0.3 is 0 Å². The SMILES string of the molecule is CCC(=O)N(CC(=O)N1CCc2sccc2C1COc1ccc(C(C)C)cc1)CC1CCCO1. The number of benzene rings is 1. The van der Waals surface area contributed by atoms with Gasteiger partial charge in [-0.05, 0) is 59.9 Å². The Labute approximate surface area is 206 Å². The molecule has 2 aliphatic rings. The molecule has 2 amide bonds. The van der Waals surface area contributed by atoms with E-state index in [1.807, 2.05) is 24.0 Å². The van der Waals surface area contributed by atoms with Crippen LogP contribution in [0, 0.1) is 0 Å². The molecule has 6 nitrogen and oxygen atoms in total. The predicted octanol–water partition coefficient (Wildman–Crippen LogP) is 4.79. The minimum absolute atomic E-state index is 0.00451. The Kier molecular flexibility index (Phi) is 8.27. The summed E-state index contributed by atoms with van der Waals surface area (Å²) >= 11 is 1.74. The van der Waals surface area contributed by atoms with Crippen molar-refractivity contribution in [1.82, 2.24) is 9.80 Å². The van der Waals surface area contributed by atoms with Crippen LogP contribution in [0.2, 0.25) is 0 Å². The van der Waals surface area contributed by atoms with Crippen LogP contribution < -0.4 is 4.74 Å². The molecule has 34 heavy (non-hydrogen) atoms. The number of hydrogen-bond acceptors (Lipinski definition) is 5. The number of nitrogens with zero attached hydrogens (tertiary/aromatic N) is 2. The van der Waals surface area contributed by atoms with Crippen LogP contribution in [0.5, 0.6) is 5.75 Å². The van der Waals surface area contributed by atoms with Gasteiger partial charge in [-0.15, -0.1) is 11.3 Å². The lowest BCUT2D eigenvalue weighted by Crippen LogP contribution is -2.49. The first-order chi connectivity index (χ1) is 16.5. The van der Waals surface area contributed by atoms with E-state index < -0.39 is 0 Å². The van der Waals surface area contributed by atoms with Gasteiger partial charge in [0.25, 0.3) is 0 Å². The zero-order valence-corrected chi connectivity index (χ0v) is 21.3. The summed E-state index contributed by atoms with van der Waals surface area (Å²) in [6.07, 6.45) is 3.20. The number of rotatable bonds is 9. The predicted molar refractivity (Wildman–Crippen MR) is 134 cm³/mol. The highest BCUT2D eigenvalue weighted by Gasteiger charge is 2.34. The topological polar surface area (TPSA) is 59.1 Å². The van der Waals surface area contributed by atoms with Gasteiger partial charge in [0.2, 0.25) is 11.8 Å². The Morgan fingerprint density at radius 1 is 1.24 bits per heavy atom. The van der Waals surface area contributed by atoms with E-state index in [0.717, 1.165) is 37.2 Å². The van der Waals surface area contributed by atoms with E-state index in [4.69, 9.17) is 9.47 Å². The number of carbonyl (C=O) groups excluding carboxylic acids is 2. The van der Waals surface area contributed by atoms with Gasteiger partial charge in [0.1, 0.15) is 12.4 Å². The van der Waals surface area contributed by atoms with Crippen LogP contribution in [-0.4, -0.2) is 60.6 Å². The van der Waals surface area contributed by atoms with Gasteiger partial charge in [-0.25, -0.2) is 0 Å². The Morgan fingerprint density at radius 2 is 2.03 bits per heavy atom. The summed E-state index contributed by atoms with van der Waals surface area (Å²) in [6, 6.07) is 10.1. The van der Waals surface area contributed by atoms with Crippen molar-refractivity contribution in [2.45, 2.75) is 64.5 Å². The second kappa shape index (κ2) is 11.4. The lowest BCUT2D eigenvalue weighted by molar-refractivity contribution is -0.143. The van der Waals surface area contributed by atoms with E-state index in [0.29, 0.717) is 32.0 Å². The van der Waals surface area contributed by atoms with Crippen molar-refractivity contribution in [3.63, 3.8) is 0 Å². The summed E-state index contributed by atoms with van der Waals surface area (Å²) < 4.78 is 11.9. The fourth-order valence-electron chi connectivity index (χ4n) is 4.77. The van der Waals surface area contributed by atoms with Crippen molar-refractivity contribution < 1.29 is 19.1 Å². The third-order valence-electron chi connectivity index (χ3n) is 6.80. The van der Waals surface area contributed by atoms with Crippen molar-refractivity contribution in [2.24, 2.45) is 0 Å². The lowest BCUT2D eigenvalue weighted by Gasteiger charge is -2.37. The van der Waals surface area contributed by atoms with E-state index in [-0.39, 0.29) is 30.5 Å². The maximum atomic E-state index is 13.5. The monoisotopic (exact) mass is 484 g/mol. The molecule has 1 aromatic carbocycles. The van der Waals surface area contributed by atoms with Crippen LogP contribution in [0.4, 0.5) is 0 Å². The molecule has 1 fully saturated rings. The molecule has 0 aliphatic carbocycles. The van der Waals surface area contributed by atoms with Crippen LogP contribution in [0.15, 0.2) is 35.7 Å². The summed E-state index contributed by atoms with van der Waals surface area (Å²) in [4.78, 5) is 31.0. The molecule has 1 aromatic heterocycles. The minimum Gasteiger partial charge on any atom is -0.491 e. The van der Waals surface area contributed by atoms with Crippen LogP contribution in [-0.2, 0) is 20.7 Å². The summed E-state index contributed by atoms with van der Waals surface area (Å²) in [5.41, 5.74) is 2.43. The van der Waals surface area contributed by atoms with Crippen molar-refractivity contribution >= 4 is 23.2 Å². The molecule has 1 saturated heterocycles. The van der Waals surface area contributed by atoms with Gasteiger partial charge in [-0.3, -0.25) is 9.59 Å². The number of amides is 2. The molecule has 0 saturated carbocycles. The molecular formula is C27H36N2O4S. The lowest BCUT2D eigenvalue weighted by atomic mass is 10.00. The van der Waals surface area contributed by atoms with Gasteiger partial charge in [0.15, 0.2) is 0 Å². The van der Waals surface area contributed by atoms with E-state index in [2.05, 4.69) is 37.4 Å². The molecule has 184 valence electrons. The Morgan fingerprint density at radius 3 is 2.71 bits per heavy atom. The van der Waals surface area contributed by atoms with Crippen LogP contribution in [0.25, 0.3) is 0 Å². The quantitative estimate of drug-likeness (QED) is 0.513. The maximum absolute atomic E-state index is 13.5. The zero-order chi connectivity index (χ0) is 24.1. The molecule has 3 heterocycles. The fraction of sp³-hybridized carbons (Fsp3) is 0.556. The Balaban J connectivity index is 1.46. The molecule has 2 atom stereocenters. The third kappa shape index (κ3) is 5.81. The van der Waals surface area contributed by atoms with Gasteiger partial charge in [0, 0.05) is 31.0 Å². The first-order valence-electron chi connectivity index (χ1n) is 12.4. The Hall–Kier alpha value is -2.38. The largest absolute Gasteiger partial charge is 0.491 e. The van der Waals surface area contributed by atoms with Gasteiger partial charge in [-0.1, -0.05) is 32.9 Å². The summed E-state index contributed by atoms with van der Waals surface area (Å²) in [6.45, 7) is 8.53. The number of hydrogen-bond donors (Lipinski definition) is 0. The van der Waals surface area contributed by atoms with E-state index >= 15 is 0 Å². The number of fused-ring (bicyclic) bond motifs is 1. The molecule has 2 aromatic rings. The van der Waals surface area contributed by atoms with E-state index in [1.54, 1.807) is 16.2 Å². The number of thiophene rings is 1.